The largest absolute Gasteiger partial charge is 0.481 e. The van der Waals surface area contributed by atoms with E-state index in [-0.39, 0.29) is 24.8 Å². The van der Waals surface area contributed by atoms with E-state index in [1.54, 1.807) is 18.7 Å². The van der Waals surface area contributed by atoms with Crippen molar-refractivity contribution in [1.82, 2.24) is 20.4 Å². The first-order chi connectivity index (χ1) is 21.6. The number of alkyl halides is 1. The van der Waals surface area contributed by atoms with Crippen molar-refractivity contribution in [3.05, 3.63) is 11.8 Å². The molecule has 0 spiro atoms. The lowest BCUT2D eigenvalue weighted by molar-refractivity contribution is -0.163. The van der Waals surface area contributed by atoms with Gasteiger partial charge in [-0.05, 0) is 75.0 Å². The number of hydrogen-bond acceptors (Lipinski definition) is 6. The van der Waals surface area contributed by atoms with E-state index in [9.17, 15) is 29.4 Å². The Morgan fingerprint density at radius 2 is 1.70 bits per heavy atom. The third-order valence-corrected chi connectivity index (χ3v) is 14.4. The van der Waals surface area contributed by atoms with Crippen LogP contribution in [-0.2, 0) is 19.2 Å². The maximum atomic E-state index is 14.3. The van der Waals surface area contributed by atoms with Crippen LogP contribution in [0, 0.1) is 28.1 Å². The predicted molar refractivity (Wildman–Crippen MR) is 179 cm³/mol. The van der Waals surface area contributed by atoms with Gasteiger partial charge in [-0.3, -0.25) is 19.2 Å². The van der Waals surface area contributed by atoms with Crippen LogP contribution in [0.2, 0.25) is 0 Å². The van der Waals surface area contributed by atoms with Crippen molar-refractivity contribution < 1.29 is 29.4 Å². The number of aliphatic carboxylic acids is 1. The van der Waals surface area contributed by atoms with E-state index in [1.165, 1.54) is 17.7 Å². The first kappa shape index (κ1) is 35.2. The van der Waals surface area contributed by atoms with Gasteiger partial charge in [0.05, 0.1) is 16.9 Å². The maximum Gasteiger partial charge on any atom is 0.309 e. The lowest BCUT2D eigenvalue weighted by Crippen LogP contribution is -2.58. The number of hydrogen-bond donors (Lipinski definition) is 4. The number of aliphatic hydroxyl groups is 1. The number of aliphatic hydroxyl groups excluding tert-OH is 1. The van der Waals surface area contributed by atoms with Crippen molar-refractivity contribution in [3.63, 3.8) is 0 Å². The van der Waals surface area contributed by atoms with Crippen molar-refractivity contribution in [3.8, 4) is 0 Å². The first-order valence-corrected chi connectivity index (χ1v) is 18.4. The number of carboxylic acids is 1. The van der Waals surface area contributed by atoms with Gasteiger partial charge in [-0.15, -0.1) is 0 Å². The molecule has 0 bridgehead atoms. The topological polar surface area (TPSA) is 139 Å². The molecule has 0 aromatic carbocycles. The third-order valence-electron chi connectivity index (χ3n) is 13.2. The average Bonchev–Trinajstić information content (AvgIpc) is 3.67. The molecule has 6 unspecified atom stereocenters. The van der Waals surface area contributed by atoms with Crippen molar-refractivity contribution in [1.29, 1.82) is 0 Å². The van der Waals surface area contributed by atoms with E-state index >= 15 is 0 Å². The molecule has 5 rings (SSSR count). The zero-order chi connectivity index (χ0) is 33.6. The number of β-amino-alcohol motifs (C(OH)–C–C–N with tert-alkyl or cyclic N) is 1. The molecule has 2 heterocycles. The quantitative estimate of drug-likeness (QED) is 0.264. The van der Waals surface area contributed by atoms with Gasteiger partial charge in [-0.25, -0.2) is 0 Å². The Kier molecular flexibility index (Phi) is 10.2. The minimum Gasteiger partial charge on any atom is -0.481 e. The maximum absolute atomic E-state index is 14.3. The number of carbonyl (C=O) groups is 4. The van der Waals surface area contributed by atoms with Crippen LogP contribution in [-0.4, -0.2) is 92.9 Å². The number of carboxylic acid groups (broad SMARTS) is 1. The van der Waals surface area contributed by atoms with Crippen LogP contribution >= 0.6 is 15.9 Å². The number of likely N-dealkylation sites (N-methyl/N-ethyl adjacent to an activating group) is 1. The van der Waals surface area contributed by atoms with Gasteiger partial charge in [0.25, 0.3) is 0 Å². The summed E-state index contributed by atoms with van der Waals surface area (Å²) in [5.74, 6) is -1.15. The van der Waals surface area contributed by atoms with Gasteiger partial charge in [-0.2, -0.15) is 0 Å². The summed E-state index contributed by atoms with van der Waals surface area (Å²) >= 11 is 3.83. The van der Waals surface area contributed by atoms with E-state index in [0.717, 1.165) is 44.1 Å². The Morgan fingerprint density at radius 1 is 1.04 bits per heavy atom. The number of nitrogens with zero attached hydrogens (tertiary/aromatic N) is 2. The highest BCUT2D eigenvalue weighted by Crippen LogP contribution is 2.63. The summed E-state index contributed by atoms with van der Waals surface area (Å²) in [4.78, 5) is 58.5. The molecule has 1 saturated heterocycles. The van der Waals surface area contributed by atoms with E-state index < -0.39 is 46.3 Å². The fraction of sp³-hybridized carbons (Fsp3) is 0.829. The van der Waals surface area contributed by atoms with Crippen LogP contribution in [0.5, 0.6) is 0 Å². The van der Waals surface area contributed by atoms with E-state index in [0.29, 0.717) is 48.5 Å². The van der Waals surface area contributed by atoms with Crippen LogP contribution in [0.1, 0.15) is 105 Å². The Hall–Kier alpha value is -2.14. The molecule has 46 heavy (non-hydrogen) atoms. The lowest BCUT2D eigenvalue weighted by Gasteiger charge is -2.46. The van der Waals surface area contributed by atoms with Gasteiger partial charge in [0.15, 0.2) is 0 Å². The summed E-state index contributed by atoms with van der Waals surface area (Å²) < 4.78 is 0. The zero-order valence-electron chi connectivity index (χ0n) is 28.3. The second-order valence-electron chi connectivity index (χ2n) is 15.9. The molecular formula is C35H55BrN4O6. The van der Waals surface area contributed by atoms with E-state index in [1.807, 2.05) is 27.1 Å². The Bertz CT molecular complexity index is 1240. The van der Waals surface area contributed by atoms with Crippen molar-refractivity contribution >= 4 is 39.6 Å². The molecule has 2 aliphatic heterocycles. The Morgan fingerprint density at radius 3 is 2.37 bits per heavy atom. The summed E-state index contributed by atoms with van der Waals surface area (Å²) in [7, 11) is 1.82. The standard InChI is InChI=1S/C35H55BrN4O6/c1-33(2)34(3,14-15-35(33,4)32(45)46)31(44)40-20-23(41)17-28(40)29(42)38-27(16-22-18-37-26-13-9-7-11-24(22)26)30(43)39(5)19-21-10-6-8-12-25(21)36/h18,21,23-28,37,41H,6-17,19-20H2,1-5H3,(H,38,42)(H,45,46)/t21?,23-,24?,25?,26?,27?,28?,34+,35+/m1/s1. The molecule has 3 saturated carbocycles. The van der Waals surface area contributed by atoms with Crippen LogP contribution in [0.25, 0.3) is 0 Å². The molecule has 0 aromatic heterocycles. The number of halogens is 1. The zero-order valence-corrected chi connectivity index (χ0v) is 29.9. The molecule has 11 heteroatoms. The van der Waals surface area contributed by atoms with Crippen LogP contribution < -0.4 is 10.6 Å². The van der Waals surface area contributed by atoms with Crippen molar-refractivity contribution in [2.75, 3.05) is 20.1 Å². The van der Waals surface area contributed by atoms with Crippen LogP contribution in [0.15, 0.2) is 11.8 Å². The minimum atomic E-state index is -1.11. The molecular weight excluding hydrogens is 652 g/mol. The second-order valence-corrected chi connectivity index (χ2v) is 17.1. The Balaban J connectivity index is 1.36. The van der Waals surface area contributed by atoms with Crippen molar-refractivity contribution in [2.45, 2.75) is 134 Å². The van der Waals surface area contributed by atoms with Crippen molar-refractivity contribution in [2.24, 2.45) is 28.1 Å². The molecule has 3 aliphatic carbocycles. The monoisotopic (exact) mass is 706 g/mol. The summed E-state index contributed by atoms with van der Waals surface area (Å²) in [5, 5.41) is 27.4. The minimum absolute atomic E-state index is 0.00195. The molecule has 4 N–H and O–H groups in total. The number of likely N-dealkylation sites (tertiary alicyclic amines) is 1. The second kappa shape index (κ2) is 13.4. The number of rotatable bonds is 9. The normalized spacial score (nSPS) is 37.5. The number of nitrogens with one attached hydrogen (secondary N) is 2. The third kappa shape index (κ3) is 6.24. The molecule has 3 amide bonds. The average molecular weight is 708 g/mol. The lowest BCUT2D eigenvalue weighted by atomic mass is 9.59. The van der Waals surface area contributed by atoms with Crippen LogP contribution in [0.3, 0.4) is 0 Å². The van der Waals surface area contributed by atoms with E-state index in [2.05, 4.69) is 26.6 Å². The predicted octanol–water partition coefficient (Wildman–Crippen LogP) is 4.20. The summed E-state index contributed by atoms with van der Waals surface area (Å²) in [6.45, 7) is 7.74. The molecule has 9 atom stereocenters. The molecule has 4 fully saturated rings. The molecule has 258 valence electrons. The summed E-state index contributed by atoms with van der Waals surface area (Å²) in [5.41, 5.74) is -1.90. The number of carbonyl (C=O) groups excluding carboxylic acids is 3. The van der Waals surface area contributed by atoms with Gasteiger partial charge >= 0.3 is 5.97 Å². The van der Waals surface area contributed by atoms with Gasteiger partial charge < -0.3 is 30.6 Å². The molecule has 0 radical (unpaired) electrons. The number of fused-ring (bicyclic) bond motifs is 1. The Labute approximate surface area is 282 Å². The SMILES string of the molecule is CN(CC1CCCCC1Br)C(=O)C(CC1=CNC2CCCCC12)NC(=O)C1C[C@@H](O)CN1C(=O)[C@]1(C)CC[C@@](C)(C(=O)O)C1(C)C. The summed E-state index contributed by atoms with van der Waals surface area (Å²) in [6, 6.07) is -1.38. The fourth-order valence-electron chi connectivity index (χ4n) is 9.17. The summed E-state index contributed by atoms with van der Waals surface area (Å²) in [6.07, 6.45) is 11.3. The highest BCUT2D eigenvalue weighted by Gasteiger charge is 2.66. The smallest absolute Gasteiger partial charge is 0.309 e. The molecule has 5 aliphatic rings. The van der Waals surface area contributed by atoms with E-state index in [4.69, 9.17) is 0 Å². The molecule has 0 aromatic rings. The highest BCUT2D eigenvalue weighted by molar-refractivity contribution is 9.09. The molecule has 10 nitrogen and oxygen atoms in total. The fourth-order valence-corrected chi connectivity index (χ4v) is 9.93. The first-order valence-electron chi connectivity index (χ1n) is 17.5. The number of amides is 3. The van der Waals surface area contributed by atoms with Gasteiger partial charge in [-0.1, -0.05) is 62.4 Å². The van der Waals surface area contributed by atoms with Gasteiger partial charge in [0.1, 0.15) is 12.1 Å². The van der Waals surface area contributed by atoms with Gasteiger partial charge in [0.2, 0.25) is 17.7 Å². The highest BCUT2D eigenvalue weighted by atomic mass is 79.9. The van der Waals surface area contributed by atoms with Crippen LogP contribution in [0.4, 0.5) is 0 Å². The van der Waals surface area contributed by atoms with Gasteiger partial charge in [0, 0.05) is 43.3 Å².